The van der Waals surface area contributed by atoms with Crippen LogP contribution in [0.2, 0.25) is 0 Å². The summed E-state index contributed by atoms with van der Waals surface area (Å²) in [5, 5.41) is 8.45. The molecule has 0 aliphatic carbocycles. The first-order chi connectivity index (χ1) is 6.11. The average molecular weight is 190 g/mol. The second-order valence-electron chi connectivity index (χ2n) is 2.41. The summed E-state index contributed by atoms with van der Waals surface area (Å²) in [7, 11) is 1.48. The van der Waals surface area contributed by atoms with Crippen molar-refractivity contribution in [1.82, 2.24) is 4.90 Å². The SMILES string of the molecule is COCCN(CC(=O)O)C(=O)CN. The minimum absolute atomic E-state index is 0.184. The summed E-state index contributed by atoms with van der Waals surface area (Å²) in [6.45, 7) is 0.0360. The number of rotatable bonds is 6. The maximum atomic E-state index is 11.0. The smallest absolute Gasteiger partial charge is 0.323 e. The zero-order valence-electron chi connectivity index (χ0n) is 7.52. The molecular formula is C7H14N2O4. The Kier molecular flexibility index (Phi) is 5.82. The predicted molar refractivity (Wildman–Crippen MR) is 45.1 cm³/mol. The van der Waals surface area contributed by atoms with E-state index in [9.17, 15) is 9.59 Å². The summed E-state index contributed by atoms with van der Waals surface area (Å²) >= 11 is 0. The van der Waals surface area contributed by atoms with Crippen LogP contribution in [0.4, 0.5) is 0 Å². The second kappa shape index (κ2) is 6.38. The molecule has 0 atom stereocenters. The molecule has 0 fully saturated rings. The van der Waals surface area contributed by atoms with Gasteiger partial charge in [-0.3, -0.25) is 9.59 Å². The highest BCUT2D eigenvalue weighted by atomic mass is 16.5. The van der Waals surface area contributed by atoms with Crippen molar-refractivity contribution in [2.45, 2.75) is 0 Å². The minimum atomic E-state index is -1.06. The van der Waals surface area contributed by atoms with Crippen LogP contribution in [0.1, 0.15) is 0 Å². The number of ether oxygens (including phenoxy) is 1. The van der Waals surface area contributed by atoms with Gasteiger partial charge in [0.15, 0.2) is 0 Å². The topological polar surface area (TPSA) is 92.9 Å². The molecule has 6 nitrogen and oxygen atoms in total. The standard InChI is InChI=1S/C7H14N2O4/c1-13-3-2-9(5-7(11)12)6(10)4-8/h2-5,8H2,1H3,(H,11,12). The molecule has 0 radical (unpaired) electrons. The van der Waals surface area contributed by atoms with E-state index in [0.29, 0.717) is 6.61 Å². The molecule has 0 aliphatic rings. The van der Waals surface area contributed by atoms with Crippen LogP contribution in [0.15, 0.2) is 0 Å². The van der Waals surface area contributed by atoms with Crippen LogP contribution >= 0.6 is 0 Å². The quantitative estimate of drug-likeness (QED) is 0.532. The molecule has 0 heterocycles. The lowest BCUT2D eigenvalue weighted by Crippen LogP contribution is -2.41. The van der Waals surface area contributed by atoms with E-state index in [0.717, 1.165) is 4.90 Å². The molecule has 1 amide bonds. The zero-order chi connectivity index (χ0) is 10.3. The molecule has 0 saturated carbocycles. The Morgan fingerprint density at radius 2 is 2.15 bits per heavy atom. The second-order valence-corrected chi connectivity index (χ2v) is 2.41. The molecule has 0 rings (SSSR count). The fraction of sp³-hybridized carbons (Fsp3) is 0.714. The number of hydrogen-bond acceptors (Lipinski definition) is 4. The van der Waals surface area contributed by atoms with Gasteiger partial charge in [0.1, 0.15) is 6.54 Å². The molecule has 0 aromatic rings. The molecule has 3 N–H and O–H groups in total. The van der Waals surface area contributed by atoms with Crippen molar-refractivity contribution in [1.29, 1.82) is 0 Å². The summed E-state index contributed by atoms with van der Waals surface area (Å²) < 4.78 is 4.72. The Morgan fingerprint density at radius 3 is 2.54 bits per heavy atom. The monoisotopic (exact) mass is 190 g/mol. The Labute approximate surface area is 76.3 Å². The molecule has 0 unspecified atom stereocenters. The molecule has 0 aromatic heterocycles. The fourth-order valence-corrected chi connectivity index (χ4v) is 0.786. The van der Waals surface area contributed by atoms with Crippen LogP contribution in [0.25, 0.3) is 0 Å². The van der Waals surface area contributed by atoms with Crippen molar-refractivity contribution in [3.05, 3.63) is 0 Å². The molecule has 76 valence electrons. The van der Waals surface area contributed by atoms with Crippen molar-refractivity contribution in [2.75, 3.05) is 33.4 Å². The Morgan fingerprint density at radius 1 is 1.54 bits per heavy atom. The fourth-order valence-electron chi connectivity index (χ4n) is 0.786. The number of carbonyl (C=O) groups excluding carboxylic acids is 1. The lowest BCUT2D eigenvalue weighted by Gasteiger charge is -2.18. The predicted octanol–water partition coefficient (Wildman–Crippen LogP) is -1.50. The van der Waals surface area contributed by atoms with Crippen molar-refractivity contribution in [3.63, 3.8) is 0 Å². The number of carboxylic acid groups (broad SMARTS) is 1. The molecule has 0 aliphatic heterocycles. The van der Waals surface area contributed by atoms with Crippen LogP contribution in [-0.2, 0) is 14.3 Å². The van der Waals surface area contributed by atoms with Gasteiger partial charge in [-0.2, -0.15) is 0 Å². The lowest BCUT2D eigenvalue weighted by molar-refractivity contribution is -0.144. The highest BCUT2D eigenvalue weighted by molar-refractivity contribution is 5.82. The van der Waals surface area contributed by atoms with E-state index in [4.69, 9.17) is 15.6 Å². The molecule has 0 saturated heterocycles. The van der Waals surface area contributed by atoms with Crippen molar-refractivity contribution in [2.24, 2.45) is 5.73 Å². The number of amides is 1. The van der Waals surface area contributed by atoms with E-state index < -0.39 is 5.97 Å². The molecule has 0 spiro atoms. The van der Waals surface area contributed by atoms with E-state index >= 15 is 0 Å². The molecule has 6 heteroatoms. The third kappa shape index (κ3) is 5.15. The van der Waals surface area contributed by atoms with Gasteiger partial charge in [0.05, 0.1) is 13.2 Å². The maximum absolute atomic E-state index is 11.0. The summed E-state index contributed by atoms with van der Waals surface area (Å²) in [6, 6.07) is 0. The van der Waals surface area contributed by atoms with Gasteiger partial charge in [-0.05, 0) is 0 Å². The highest BCUT2D eigenvalue weighted by Gasteiger charge is 2.14. The normalized spacial score (nSPS) is 9.69. The van der Waals surface area contributed by atoms with Gasteiger partial charge in [0.2, 0.25) is 5.91 Å². The number of carbonyl (C=O) groups is 2. The van der Waals surface area contributed by atoms with Gasteiger partial charge in [0.25, 0.3) is 0 Å². The summed E-state index contributed by atoms with van der Waals surface area (Å²) in [4.78, 5) is 22.5. The van der Waals surface area contributed by atoms with Crippen LogP contribution in [0, 0.1) is 0 Å². The van der Waals surface area contributed by atoms with E-state index in [2.05, 4.69) is 0 Å². The number of nitrogens with two attached hydrogens (primary N) is 1. The van der Waals surface area contributed by atoms with Crippen LogP contribution in [0.5, 0.6) is 0 Å². The van der Waals surface area contributed by atoms with E-state index in [1.165, 1.54) is 7.11 Å². The minimum Gasteiger partial charge on any atom is -0.480 e. The van der Waals surface area contributed by atoms with E-state index in [1.807, 2.05) is 0 Å². The van der Waals surface area contributed by atoms with Crippen molar-refractivity contribution >= 4 is 11.9 Å². The Bertz CT molecular complexity index is 183. The third-order valence-corrected chi connectivity index (χ3v) is 1.42. The summed E-state index contributed by atoms with van der Waals surface area (Å²) in [6.07, 6.45) is 0. The first-order valence-corrected chi connectivity index (χ1v) is 3.80. The van der Waals surface area contributed by atoms with Crippen molar-refractivity contribution in [3.8, 4) is 0 Å². The largest absolute Gasteiger partial charge is 0.480 e. The highest BCUT2D eigenvalue weighted by Crippen LogP contribution is 1.89. The van der Waals surface area contributed by atoms with Gasteiger partial charge in [-0.25, -0.2) is 0 Å². The molecule has 0 aromatic carbocycles. The number of nitrogens with zero attached hydrogens (tertiary/aromatic N) is 1. The first-order valence-electron chi connectivity index (χ1n) is 3.80. The summed E-state index contributed by atoms with van der Waals surface area (Å²) in [5.41, 5.74) is 5.10. The van der Waals surface area contributed by atoms with Crippen LogP contribution in [-0.4, -0.2) is 55.2 Å². The maximum Gasteiger partial charge on any atom is 0.323 e. The number of hydrogen-bond donors (Lipinski definition) is 2. The van der Waals surface area contributed by atoms with Crippen LogP contribution in [0.3, 0.4) is 0 Å². The third-order valence-electron chi connectivity index (χ3n) is 1.42. The number of aliphatic carboxylic acids is 1. The van der Waals surface area contributed by atoms with Crippen molar-refractivity contribution < 1.29 is 19.4 Å². The first kappa shape index (κ1) is 11.9. The Balaban J connectivity index is 4.02. The average Bonchev–Trinajstić information content (AvgIpc) is 2.10. The Hall–Kier alpha value is -1.14. The van der Waals surface area contributed by atoms with Gasteiger partial charge in [0, 0.05) is 13.7 Å². The van der Waals surface area contributed by atoms with Crippen LogP contribution < -0.4 is 5.73 Å². The van der Waals surface area contributed by atoms with Gasteiger partial charge in [-0.15, -0.1) is 0 Å². The number of methoxy groups -OCH3 is 1. The van der Waals surface area contributed by atoms with Gasteiger partial charge >= 0.3 is 5.97 Å². The molecular weight excluding hydrogens is 176 g/mol. The van der Waals surface area contributed by atoms with Gasteiger partial charge < -0.3 is 20.5 Å². The molecule has 0 bridgehead atoms. The summed E-state index contributed by atoms with van der Waals surface area (Å²) in [5.74, 6) is -1.45. The number of carboxylic acids is 1. The molecule has 13 heavy (non-hydrogen) atoms. The lowest BCUT2D eigenvalue weighted by atomic mass is 10.4. The van der Waals surface area contributed by atoms with E-state index in [1.54, 1.807) is 0 Å². The van der Waals surface area contributed by atoms with E-state index in [-0.39, 0.29) is 25.5 Å². The zero-order valence-corrected chi connectivity index (χ0v) is 7.52. The van der Waals surface area contributed by atoms with Gasteiger partial charge in [-0.1, -0.05) is 0 Å².